The molecule has 2 aromatic carbocycles. The predicted octanol–water partition coefficient (Wildman–Crippen LogP) is 3.03. The van der Waals surface area contributed by atoms with Crippen molar-refractivity contribution in [2.75, 3.05) is 20.3 Å². The van der Waals surface area contributed by atoms with Crippen LogP contribution in [0, 0.1) is 5.82 Å². The second-order valence-corrected chi connectivity index (χ2v) is 5.99. The smallest absolute Gasteiger partial charge is 0.233 e. The maximum Gasteiger partial charge on any atom is 0.233 e. The van der Waals surface area contributed by atoms with Crippen LogP contribution in [0.2, 0.25) is 0 Å². The van der Waals surface area contributed by atoms with Crippen LogP contribution in [0.1, 0.15) is 5.56 Å². The molecular formula is C21H20FN3O3. The largest absolute Gasteiger partial charge is 0.497 e. The van der Waals surface area contributed by atoms with Gasteiger partial charge < -0.3 is 14.8 Å². The fourth-order valence-electron chi connectivity index (χ4n) is 2.51. The average Bonchev–Trinajstić information content (AvgIpc) is 2.73. The lowest BCUT2D eigenvalue weighted by Crippen LogP contribution is -2.29. The first kappa shape index (κ1) is 19.3. The zero-order valence-electron chi connectivity index (χ0n) is 15.4. The Labute approximate surface area is 162 Å². The van der Waals surface area contributed by atoms with Gasteiger partial charge in [-0.25, -0.2) is 4.39 Å². The van der Waals surface area contributed by atoms with E-state index in [1.165, 1.54) is 12.1 Å². The SMILES string of the molecule is COc1ccc(-c2ccc(OCCNC(=O)Cc3ccc(F)cc3)nn2)cc1. The highest BCUT2D eigenvalue weighted by Crippen LogP contribution is 2.20. The number of carbonyl (C=O) groups excluding carboxylic acids is 1. The zero-order chi connectivity index (χ0) is 19.8. The summed E-state index contributed by atoms with van der Waals surface area (Å²) in [6.07, 6.45) is 0.191. The van der Waals surface area contributed by atoms with Gasteiger partial charge in [-0.1, -0.05) is 12.1 Å². The molecule has 0 atom stereocenters. The molecule has 0 saturated heterocycles. The van der Waals surface area contributed by atoms with Crippen molar-refractivity contribution in [1.29, 1.82) is 0 Å². The number of aromatic nitrogens is 2. The minimum absolute atomic E-state index is 0.156. The molecule has 7 heteroatoms. The van der Waals surface area contributed by atoms with Gasteiger partial charge in [0, 0.05) is 11.6 Å². The number of ether oxygens (including phenoxy) is 2. The van der Waals surface area contributed by atoms with E-state index < -0.39 is 0 Å². The highest BCUT2D eigenvalue weighted by atomic mass is 19.1. The standard InChI is InChI=1S/C21H20FN3O3/c1-27-18-8-4-16(5-9-18)19-10-11-21(25-24-19)28-13-12-23-20(26)14-15-2-6-17(22)7-3-15/h2-11H,12-14H2,1H3,(H,23,26). The zero-order valence-corrected chi connectivity index (χ0v) is 15.4. The third kappa shape index (κ3) is 5.51. The molecule has 1 N–H and O–H groups in total. The van der Waals surface area contributed by atoms with Gasteiger partial charge in [-0.05, 0) is 48.0 Å². The molecule has 0 aliphatic carbocycles. The Morgan fingerprint density at radius 2 is 1.75 bits per heavy atom. The van der Waals surface area contributed by atoms with Gasteiger partial charge in [0.1, 0.15) is 18.2 Å². The van der Waals surface area contributed by atoms with Gasteiger partial charge in [0.05, 0.1) is 25.8 Å². The number of carbonyl (C=O) groups is 1. The van der Waals surface area contributed by atoms with Crippen molar-refractivity contribution in [3.63, 3.8) is 0 Å². The summed E-state index contributed by atoms with van der Waals surface area (Å²) in [7, 11) is 1.62. The van der Waals surface area contributed by atoms with Gasteiger partial charge in [0.2, 0.25) is 11.8 Å². The fraction of sp³-hybridized carbons (Fsp3) is 0.190. The third-order valence-corrected chi connectivity index (χ3v) is 3.98. The first-order valence-electron chi connectivity index (χ1n) is 8.76. The topological polar surface area (TPSA) is 73.3 Å². The third-order valence-electron chi connectivity index (χ3n) is 3.98. The van der Waals surface area contributed by atoms with Gasteiger partial charge in [0.15, 0.2) is 0 Å². The van der Waals surface area contributed by atoms with Crippen LogP contribution in [-0.2, 0) is 11.2 Å². The van der Waals surface area contributed by atoms with E-state index in [4.69, 9.17) is 9.47 Å². The molecule has 0 aliphatic heterocycles. The first-order valence-corrected chi connectivity index (χ1v) is 8.76. The van der Waals surface area contributed by atoms with Crippen LogP contribution in [-0.4, -0.2) is 36.4 Å². The van der Waals surface area contributed by atoms with Crippen LogP contribution in [0.5, 0.6) is 11.6 Å². The molecule has 0 spiro atoms. The number of rotatable bonds is 8. The van der Waals surface area contributed by atoms with Crippen LogP contribution < -0.4 is 14.8 Å². The minimum Gasteiger partial charge on any atom is -0.497 e. The Hall–Kier alpha value is -3.48. The van der Waals surface area contributed by atoms with Crippen molar-refractivity contribution >= 4 is 5.91 Å². The summed E-state index contributed by atoms with van der Waals surface area (Å²) in [5, 5.41) is 10.9. The normalized spacial score (nSPS) is 10.4. The van der Waals surface area contributed by atoms with E-state index in [-0.39, 0.29) is 24.8 Å². The molecule has 144 valence electrons. The number of methoxy groups -OCH3 is 1. The molecule has 28 heavy (non-hydrogen) atoms. The minimum atomic E-state index is -0.323. The highest BCUT2D eigenvalue weighted by molar-refractivity contribution is 5.78. The molecule has 0 fully saturated rings. The molecule has 0 aliphatic rings. The Morgan fingerprint density at radius 1 is 1.00 bits per heavy atom. The van der Waals surface area contributed by atoms with E-state index in [2.05, 4.69) is 15.5 Å². The van der Waals surface area contributed by atoms with E-state index in [9.17, 15) is 9.18 Å². The molecule has 1 aromatic heterocycles. The van der Waals surface area contributed by atoms with Crippen LogP contribution in [0.15, 0.2) is 60.7 Å². The molecule has 6 nitrogen and oxygen atoms in total. The molecule has 0 saturated carbocycles. The summed E-state index contributed by atoms with van der Waals surface area (Å²) in [4.78, 5) is 11.9. The predicted molar refractivity (Wildman–Crippen MR) is 103 cm³/mol. The molecule has 3 aromatic rings. The summed E-state index contributed by atoms with van der Waals surface area (Å²) in [5.74, 6) is 0.677. The average molecular weight is 381 g/mol. The molecule has 3 rings (SSSR count). The van der Waals surface area contributed by atoms with Crippen LogP contribution >= 0.6 is 0 Å². The van der Waals surface area contributed by atoms with E-state index in [0.717, 1.165) is 22.6 Å². The summed E-state index contributed by atoms with van der Waals surface area (Å²) in [6.45, 7) is 0.605. The van der Waals surface area contributed by atoms with Crippen molar-refractivity contribution < 1.29 is 18.7 Å². The Kier molecular flexibility index (Phi) is 6.51. The molecule has 0 unspecified atom stereocenters. The quantitative estimate of drug-likeness (QED) is 0.607. The number of hydrogen-bond acceptors (Lipinski definition) is 5. The summed E-state index contributed by atoms with van der Waals surface area (Å²) in [6, 6.07) is 16.9. The lowest BCUT2D eigenvalue weighted by molar-refractivity contribution is -0.120. The van der Waals surface area contributed by atoms with E-state index in [1.807, 2.05) is 30.3 Å². The van der Waals surface area contributed by atoms with E-state index >= 15 is 0 Å². The van der Waals surface area contributed by atoms with Crippen LogP contribution in [0.4, 0.5) is 4.39 Å². The fourth-order valence-corrected chi connectivity index (χ4v) is 2.51. The molecule has 1 heterocycles. The summed E-state index contributed by atoms with van der Waals surface area (Å²) < 4.78 is 23.5. The number of benzene rings is 2. The lowest BCUT2D eigenvalue weighted by atomic mass is 10.1. The van der Waals surface area contributed by atoms with Gasteiger partial charge in [-0.2, -0.15) is 0 Å². The van der Waals surface area contributed by atoms with Crippen molar-refractivity contribution in [1.82, 2.24) is 15.5 Å². The second kappa shape index (κ2) is 9.45. The van der Waals surface area contributed by atoms with Crippen LogP contribution in [0.25, 0.3) is 11.3 Å². The van der Waals surface area contributed by atoms with Crippen molar-refractivity contribution in [2.24, 2.45) is 0 Å². The molecule has 0 bridgehead atoms. The van der Waals surface area contributed by atoms with Crippen molar-refractivity contribution in [2.45, 2.75) is 6.42 Å². The van der Waals surface area contributed by atoms with Gasteiger partial charge in [0.25, 0.3) is 0 Å². The van der Waals surface area contributed by atoms with Crippen molar-refractivity contribution in [3.05, 3.63) is 72.0 Å². The second-order valence-electron chi connectivity index (χ2n) is 5.99. The number of amides is 1. The molecular weight excluding hydrogens is 361 g/mol. The number of nitrogens with zero attached hydrogens (tertiary/aromatic N) is 2. The maximum absolute atomic E-state index is 12.9. The van der Waals surface area contributed by atoms with E-state index in [1.54, 1.807) is 25.3 Å². The number of nitrogens with one attached hydrogen (secondary N) is 1. The Balaban J connectivity index is 1.42. The Bertz CT molecular complexity index is 898. The number of hydrogen-bond donors (Lipinski definition) is 1. The van der Waals surface area contributed by atoms with Crippen LogP contribution in [0.3, 0.4) is 0 Å². The lowest BCUT2D eigenvalue weighted by Gasteiger charge is -2.08. The monoisotopic (exact) mass is 381 g/mol. The molecule has 1 amide bonds. The Morgan fingerprint density at radius 3 is 2.39 bits per heavy atom. The highest BCUT2D eigenvalue weighted by Gasteiger charge is 2.05. The van der Waals surface area contributed by atoms with E-state index in [0.29, 0.717) is 12.4 Å². The maximum atomic E-state index is 12.9. The number of halogens is 1. The van der Waals surface area contributed by atoms with Crippen molar-refractivity contribution in [3.8, 4) is 22.9 Å². The summed E-state index contributed by atoms with van der Waals surface area (Å²) >= 11 is 0. The molecule has 0 radical (unpaired) electrons. The summed E-state index contributed by atoms with van der Waals surface area (Å²) in [5.41, 5.74) is 2.40. The first-order chi connectivity index (χ1) is 13.6. The van der Waals surface area contributed by atoms with Gasteiger partial charge in [-0.15, -0.1) is 10.2 Å². The van der Waals surface area contributed by atoms with Gasteiger partial charge >= 0.3 is 0 Å². The van der Waals surface area contributed by atoms with Gasteiger partial charge in [-0.3, -0.25) is 4.79 Å².